The topological polar surface area (TPSA) is 75.4 Å². The highest BCUT2D eigenvalue weighted by molar-refractivity contribution is 7.89. The highest BCUT2D eigenvalue weighted by Gasteiger charge is 2.23. The quantitative estimate of drug-likeness (QED) is 0.826. The highest BCUT2D eigenvalue weighted by Crippen LogP contribution is 2.26. The van der Waals surface area contributed by atoms with Crippen molar-refractivity contribution in [2.75, 3.05) is 32.4 Å². The van der Waals surface area contributed by atoms with Crippen LogP contribution in [-0.4, -0.2) is 40.0 Å². The number of nitrogens with two attached hydrogens (primary N) is 1. The number of nitrogens with one attached hydrogen (secondary N) is 1. The molecule has 1 aliphatic rings. The van der Waals surface area contributed by atoms with E-state index in [2.05, 4.69) is 16.7 Å². The number of rotatable bonds is 4. The first-order valence-electron chi connectivity index (χ1n) is 7.03. The van der Waals surface area contributed by atoms with Crippen molar-refractivity contribution in [3.63, 3.8) is 0 Å². The van der Waals surface area contributed by atoms with Gasteiger partial charge in [-0.2, -0.15) is 0 Å². The number of anilines is 1. The van der Waals surface area contributed by atoms with Gasteiger partial charge in [0.15, 0.2) is 0 Å². The van der Waals surface area contributed by atoms with E-state index in [0.717, 1.165) is 25.9 Å². The predicted molar refractivity (Wildman–Crippen MR) is 86.0 cm³/mol. The van der Waals surface area contributed by atoms with E-state index in [1.165, 1.54) is 6.07 Å². The van der Waals surface area contributed by atoms with Crippen molar-refractivity contribution in [1.82, 2.24) is 9.62 Å². The van der Waals surface area contributed by atoms with Crippen LogP contribution >= 0.6 is 11.6 Å². The molecule has 0 spiro atoms. The van der Waals surface area contributed by atoms with Crippen LogP contribution in [0, 0.1) is 12.8 Å². The predicted octanol–water partition coefficient (Wildman–Crippen LogP) is 1.85. The zero-order valence-electron chi connectivity index (χ0n) is 12.4. The van der Waals surface area contributed by atoms with Gasteiger partial charge in [-0.25, -0.2) is 13.1 Å². The SMILES string of the molecule is Cc1c(N)cc(Cl)cc1S(=O)(=O)NCC1CCCN(C)C1. The summed E-state index contributed by atoms with van der Waals surface area (Å²) in [5.41, 5.74) is 6.72. The summed E-state index contributed by atoms with van der Waals surface area (Å²) in [7, 11) is -1.53. The van der Waals surface area contributed by atoms with E-state index in [1.54, 1.807) is 13.0 Å². The lowest BCUT2D eigenvalue weighted by atomic mass is 9.99. The summed E-state index contributed by atoms with van der Waals surface area (Å²) >= 11 is 5.92. The van der Waals surface area contributed by atoms with E-state index in [-0.39, 0.29) is 4.90 Å². The van der Waals surface area contributed by atoms with Crippen molar-refractivity contribution in [3.8, 4) is 0 Å². The fourth-order valence-corrected chi connectivity index (χ4v) is 4.40. The second-order valence-electron chi connectivity index (χ2n) is 5.74. The lowest BCUT2D eigenvalue weighted by Gasteiger charge is -2.29. The third-order valence-electron chi connectivity index (χ3n) is 3.94. The number of likely N-dealkylation sites (tertiary alicyclic amines) is 1. The van der Waals surface area contributed by atoms with Crippen molar-refractivity contribution >= 4 is 27.3 Å². The molecule has 7 heteroatoms. The van der Waals surface area contributed by atoms with Gasteiger partial charge in [-0.3, -0.25) is 0 Å². The molecule has 1 aromatic carbocycles. The van der Waals surface area contributed by atoms with Gasteiger partial charge in [0.1, 0.15) is 0 Å². The monoisotopic (exact) mass is 331 g/mol. The number of hydrogen-bond donors (Lipinski definition) is 2. The number of piperidine rings is 1. The fraction of sp³-hybridized carbons (Fsp3) is 0.571. The third-order valence-corrected chi connectivity index (χ3v) is 5.71. The minimum absolute atomic E-state index is 0.164. The zero-order chi connectivity index (χ0) is 15.6. The summed E-state index contributed by atoms with van der Waals surface area (Å²) in [5.74, 6) is 0.343. The van der Waals surface area contributed by atoms with Gasteiger partial charge in [-0.05, 0) is 57.0 Å². The van der Waals surface area contributed by atoms with Gasteiger partial charge in [0.2, 0.25) is 10.0 Å². The molecule has 1 saturated heterocycles. The summed E-state index contributed by atoms with van der Waals surface area (Å²) in [6.07, 6.45) is 2.15. The number of nitrogen functional groups attached to an aromatic ring is 1. The van der Waals surface area contributed by atoms with Crippen LogP contribution in [0.25, 0.3) is 0 Å². The standard InChI is InChI=1S/C14H22ClN3O2S/c1-10-13(16)6-12(15)7-14(10)21(19,20)17-8-11-4-3-5-18(2)9-11/h6-7,11,17H,3-5,8-9,16H2,1-2H3. The van der Waals surface area contributed by atoms with Crippen LogP contribution in [0.5, 0.6) is 0 Å². The summed E-state index contributed by atoms with van der Waals surface area (Å²) < 4.78 is 27.6. The van der Waals surface area contributed by atoms with E-state index in [1.807, 2.05) is 0 Å². The van der Waals surface area contributed by atoms with Gasteiger partial charge >= 0.3 is 0 Å². The number of benzene rings is 1. The average Bonchev–Trinajstić information content (AvgIpc) is 2.41. The van der Waals surface area contributed by atoms with Crippen LogP contribution in [0.15, 0.2) is 17.0 Å². The Morgan fingerprint density at radius 1 is 1.48 bits per heavy atom. The Morgan fingerprint density at radius 3 is 2.86 bits per heavy atom. The van der Waals surface area contributed by atoms with Crippen LogP contribution < -0.4 is 10.5 Å². The van der Waals surface area contributed by atoms with Gasteiger partial charge < -0.3 is 10.6 Å². The fourth-order valence-electron chi connectivity index (χ4n) is 2.70. The van der Waals surface area contributed by atoms with Crippen LogP contribution in [0.1, 0.15) is 18.4 Å². The van der Waals surface area contributed by atoms with Gasteiger partial charge in [0.05, 0.1) is 4.90 Å². The van der Waals surface area contributed by atoms with Gasteiger partial charge in [0, 0.05) is 23.8 Å². The minimum atomic E-state index is -3.59. The molecule has 1 aromatic rings. The van der Waals surface area contributed by atoms with Crippen molar-refractivity contribution in [2.24, 2.45) is 5.92 Å². The molecule has 1 fully saturated rings. The van der Waals surface area contributed by atoms with Crippen LogP contribution in [0.2, 0.25) is 5.02 Å². The molecule has 3 N–H and O–H groups in total. The molecular weight excluding hydrogens is 310 g/mol. The maximum atomic E-state index is 12.4. The maximum absolute atomic E-state index is 12.4. The molecule has 1 atom stereocenters. The second kappa shape index (κ2) is 6.52. The number of halogens is 1. The van der Waals surface area contributed by atoms with Crippen molar-refractivity contribution < 1.29 is 8.42 Å². The molecule has 5 nitrogen and oxygen atoms in total. The molecular formula is C14H22ClN3O2S. The molecule has 2 rings (SSSR count). The first-order valence-corrected chi connectivity index (χ1v) is 8.89. The lowest BCUT2D eigenvalue weighted by Crippen LogP contribution is -2.39. The Hall–Kier alpha value is -0.820. The Morgan fingerprint density at radius 2 is 2.19 bits per heavy atom. The van der Waals surface area contributed by atoms with E-state index in [4.69, 9.17) is 17.3 Å². The van der Waals surface area contributed by atoms with E-state index in [9.17, 15) is 8.42 Å². The van der Waals surface area contributed by atoms with E-state index in [0.29, 0.717) is 28.7 Å². The Labute approximate surface area is 131 Å². The summed E-state index contributed by atoms with van der Waals surface area (Å²) in [6.45, 7) is 4.12. The van der Waals surface area contributed by atoms with Crippen molar-refractivity contribution in [3.05, 3.63) is 22.7 Å². The molecule has 1 aliphatic heterocycles. The molecule has 0 amide bonds. The third kappa shape index (κ3) is 4.10. The number of hydrogen-bond acceptors (Lipinski definition) is 4. The first-order chi connectivity index (χ1) is 9.79. The number of sulfonamides is 1. The Balaban J connectivity index is 2.12. The molecule has 0 radical (unpaired) electrons. The average molecular weight is 332 g/mol. The molecule has 21 heavy (non-hydrogen) atoms. The smallest absolute Gasteiger partial charge is 0.240 e. The molecule has 0 saturated carbocycles. The molecule has 118 valence electrons. The van der Waals surface area contributed by atoms with Gasteiger partial charge in [0.25, 0.3) is 0 Å². The van der Waals surface area contributed by atoms with Crippen LogP contribution in [-0.2, 0) is 10.0 Å². The summed E-state index contributed by atoms with van der Waals surface area (Å²) in [4.78, 5) is 2.39. The van der Waals surface area contributed by atoms with Crippen LogP contribution in [0.3, 0.4) is 0 Å². The molecule has 1 heterocycles. The lowest BCUT2D eigenvalue weighted by molar-refractivity contribution is 0.211. The molecule has 0 aliphatic carbocycles. The van der Waals surface area contributed by atoms with Gasteiger partial charge in [-0.15, -0.1) is 0 Å². The number of nitrogens with zero attached hydrogens (tertiary/aromatic N) is 1. The minimum Gasteiger partial charge on any atom is -0.398 e. The Bertz CT molecular complexity index is 619. The van der Waals surface area contributed by atoms with E-state index >= 15 is 0 Å². The summed E-state index contributed by atoms with van der Waals surface area (Å²) in [6, 6.07) is 3.01. The normalized spacial score (nSPS) is 20.6. The summed E-state index contributed by atoms with van der Waals surface area (Å²) in [5, 5.41) is 0.330. The highest BCUT2D eigenvalue weighted by atomic mass is 35.5. The Kier molecular flexibility index (Phi) is 5.14. The molecule has 0 aromatic heterocycles. The zero-order valence-corrected chi connectivity index (χ0v) is 14.0. The first kappa shape index (κ1) is 16.5. The molecule has 1 unspecified atom stereocenters. The molecule has 0 bridgehead atoms. The van der Waals surface area contributed by atoms with E-state index < -0.39 is 10.0 Å². The van der Waals surface area contributed by atoms with Crippen LogP contribution in [0.4, 0.5) is 5.69 Å². The maximum Gasteiger partial charge on any atom is 0.240 e. The van der Waals surface area contributed by atoms with Crippen molar-refractivity contribution in [2.45, 2.75) is 24.7 Å². The largest absolute Gasteiger partial charge is 0.398 e. The van der Waals surface area contributed by atoms with Crippen molar-refractivity contribution in [1.29, 1.82) is 0 Å². The second-order valence-corrected chi connectivity index (χ2v) is 7.91. The van der Waals surface area contributed by atoms with Gasteiger partial charge in [-0.1, -0.05) is 11.6 Å².